The number of nitrogens with zero attached hydrogens (tertiary/aromatic N) is 1. The van der Waals surface area contributed by atoms with Gasteiger partial charge in [0.05, 0.1) is 0 Å². The zero-order chi connectivity index (χ0) is 15.0. The van der Waals surface area contributed by atoms with Gasteiger partial charge in [-0.25, -0.2) is 13.6 Å². The highest BCUT2D eigenvalue weighted by atomic mass is 32.2. The van der Waals surface area contributed by atoms with Gasteiger partial charge in [-0.2, -0.15) is 13.2 Å². The Morgan fingerprint density at radius 1 is 1.22 bits per heavy atom. The molecule has 0 aliphatic heterocycles. The zero-order valence-electron chi connectivity index (χ0n) is 10.4. The van der Waals surface area contributed by atoms with E-state index in [0.717, 1.165) is 13.1 Å². The van der Waals surface area contributed by atoms with Gasteiger partial charge in [-0.15, -0.1) is 13.2 Å². The van der Waals surface area contributed by atoms with Crippen LogP contribution in [-0.2, 0) is 10.0 Å². The number of hydrogen-bond donors (Lipinski definition) is 1. The fourth-order valence-corrected chi connectivity index (χ4v) is 0.828. The molecule has 108 valence electrons. The number of rotatable bonds is 5. The third kappa shape index (κ3) is 9.20. The maximum atomic E-state index is 10.8. The van der Waals surface area contributed by atoms with Crippen molar-refractivity contribution in [3.05, 3.63) is 25.3 Å². The highest BCUT2D eigenvalue weighted by Crippen LogP contribution is 2.18. The summed E-state index contributed by atoms with van der Waals surface area (Å²) in [4.78, 5) is 2.29. The molecule has 0 radical (unpaired) electrons. The van der Waals surface area contributed by atoms with Crippen molar-refractivity contribution in [2.45, 2.75) is 25.4 Å². The molecule has 8 heteroatoms. The highest BCUT2D eigenvalue weighted by molar-refractivity contribution is 7.90. The molecule has 0 spiro atoms. The van der Waals surface area contributed by atoms with E-state index in [2.05, 4.69) is 37.0 Å². The lowest BCUT2D eigenvalue weighted by Crippen LogP contribution is -2.30. The van der Waals surface area contributed by atoms with Crippen molar-refractivity contribution in [1.82, 2.24) is 4.90 Å². The van der Waals surface area contributed by atoms with Gasteiger partial charge >= 0.3 is 15.5 Å². The lowest BCUT2D eigenvalue weighted by atomic mass is 10.3. The Hall–Kier alpha value is -0.860. The van der Waals surface area contributed by atoms with E-state index in [4.69, 9.17) is 0 Å². The van der Waals surface area contributed by atoms with Crippen LogP contribution in [0.2, 0.25) is 0 Å². The summed E-state index contributed by atoms with van der Waals surface area (Å²) in [5, 5.41) is 3.66. The van der Waals surface area contributed by atoms with Gasteiger partial charge in [0.2, 0.25) is 0 Å². The van der Waals surface area contributed by atoms with Crippen molar-refractivity contribution in [2.75, 3.05) is 13.1 Å². The minimum Gasteiger partial charge on any atom is -0.294 e. The van der Waals surface area contributed by atoms with Gasteiger partial charge in [-0.05, 0) is 13.8 Å². The molecular formula is C10H19F3N2O2S. The molecular weight excluding hydrogens is 269 g/mol. The molecule has 0 rings (SSSR count). The molecule has 4 nitrogen and oxygen atoms in total. The third-order valence-electron chi connectivity index (χ3n) is 1.78. The molecule has 0 unspecified atom stereocenters. The molecule has 0 aromatic heterocycles. The first-order chi connectivity index (χ1) is 7.97. The van der Waals surface area contributed by atoms with Crippen LogP contribution < -0.4 is 5.14 Å². The fourth-order valence-electron chi connectivity index (χ4n) is 0.828. The molecule has 0 bridgehead atoms. The van der Waals surface area contributed by atoms with Gasteiger partial charge in [0, 0.05) is 19.1 Å². The first kappa shape index (κ1) is 19.5. The van der Waals surface area contributed by atoms with Gasteiger partial charge in [0.1, 0.15) is 0 Å². The SMILES string of the molecule is C=CCN(CC=C)C(C)C.NS(=O)(=O)C(F)(F)F. The largest absolute Gasteiger partial charge is 0.511 e. The standard InChI is InChI=1S/C9H17N.CH2F3NO2S/c1-5-7-10(8-6-2)9(3)4;2-1(3,4)8(5,6)7/h5-6,9H,1-2,7-8H2,3-4H3;(H2,5,6,7). The number of sulfonamides is 1. The molecule has 2 N–H and O–H groups in total. The summed E-state index contributed by atoms with van der Waals surface area (Å²) >= 11 is 0. The second-order valence-electron chi connectivity index (χ2n) is 3.62. The van der Waals surface area contributed by atoms with Crippen LogP contribution >= 0.6 is 0 Å². The Labute approximate surface area is 106 Å². The Kier molecular flexibility index (Phi) is 8.96. The van der Waals surface area contributed by atoms with E-state index in [9.17, 15) is 21.6 Å². The maximum Gasteiger partial charge on any atom is 0.511 e. The van der Waals surface area contributed by atoms with Gasteiger partial charge in [-0.1, -0.05) is 12.2 Å². The molecule has 18 heavy (non-hydrogen) atoms. The summed E-state index contributed by atoms with van der Waals surface area (Å²) in [6.45, 7) is 13.6. The van der Waals surface area contributed by atoms with Crippen LogP contribution in [0.25, 0.3) is 0 Å². The summed E-state index contributed by atoms with van der Waals surface area (Å²) in [6.07, 6.45) is 3.84. The molecule has 0 aliphatic carbocycles. The predicted molar refractivity (Wildman–Crippen MR) is 66.3 cm³/mol. The first-order valence-electron chi connectivity index (χ1n) is 5.02. The van der Waals surface area contributed by atoms with Gasteiger partial charge < -0.3 is 0 Å². The molecule has 0 aliphatic rings. The second-order valence-corrected chi connectivity index (χ2v) is 5.17. The summed E-state index contributed by atoms with van der Waals surface area (Å²) in [7, 11) is -5.34. The summed E-state index contributed by atoms with van der Waals surface area (Å²) in [6, 6.07) is 0.580. The monoisotopic (exact) mass is 288 g/mol. The molecule has 0 heterocycles. The van der Waals surface area contributed by atoms with E-state index < -0.39 is 15.5 Å². The van der Waals surface area contributed by atoms with E-state index in [-0.39, 0.29) is 0 Å². The van der Waals surface area contributed by atoms with E-state index in [1.165, 1.54) is 0 Å². The highest BCUT2D eigenvalue weighted by Gasteiger charge is 2.42. The van der Waals surface area contributed by atoms with Crippen molar-refractivity contribution in [2.24, 2.45) is 5.14 Å². The van der Waals surface area contributed by atoms with E-state index in [1.54, 1.807) is 0 Å². The molecule has 0 aromatic carbocycles. The second kappa shape index (κ2) is 8.28. The van der Waals surface area contributed by atoms with Crippen LogP contribution in [0.1, 0.15) is 13.8 Å². The van der Waals surface area contributed by atoms with E-state index in [1.807, 2.05) is 12.2 Å². The fraction of sp³-hybridized carbons (Fsp3) is 0.600. The van der Waals surface area contributed by atoms with Crippen LogP contribution in [0, 0.1) is 0 Å². The van der Waals surface area contributed by atoms with Crippen molar-refractivity contribution < 1.29 is 21.6 Å². The average molecular weight is 288 g/mol. The van der Waals surface area contributed by atoms with Crippen LogP contribution in [0.4, 0.5) is 13.2 Å². The topological polar surface area (TPSA) is 63.4 Å². The quantitative estimate of drug-likeness (QED) is 0.785. The molecule has 0 saturated heterocycles. The first-order valence-corrected chi connectivity index (χ1v) is 6.56. The van der Waals surface area contributed by atoms with Crippen LogP contribution in [0.15, 0.2) is 25.3 Å². The molecule has 0 saturated carbocycles. The van der Waals surface area contributed by atoms with Crippen molar-refractivity contribution >= 4 is 10.0 Å². The Bertz CT molecular complexity index is 341. The van der Waals surface area contributed by atoms with Gasteiger partial charge in [0.15, 0.2) is 0 Å². The van der Waals surface area contributed by atoms with Crippen molar-refractivity contribution in [1.29, 1.82) is 0 Å². The number of alkyl halides is 3. The molecule has 0 fully saturated rings. The number of primary sulfonamides is 1. The summed E-state index contributed by atoms with van der Waals surface area (Å²) in [5.41, 5.74) is -5.31. The van der Waals surface area contributed by atoms with Gasteiger partial charge in [0.25, 0.3) is 0 Å². The number of hydrogen-bond acceptors (Lipinski definition) is 3. The average Bonchev–Trinajstić information content (AvgIpc) is 2.15. The van der Waals surface area contributed by atoms with Crippen molar-refractivity contribution in [3.63, 3.8) is 0 Å². The molecule has 0 aromatic rings. The zero-order valence-corrected chi connectivity index (χ0v) is 11.3. The Morgan fingerprint density at radius 2 is 1.50 bits per heavy atom. The Morgan fingerprint density at radius 3 is 1.61 bits per heavy atom. The van der Waals surface area contributed by atoms with Crippen molar-refractivity contribution in [3.8, 4) is 0 Å². The predicted octanol–water partition coefficient (Wildman–Crippen LogP) is 1.86. The Balaban J connectivity index is 0. The maximum absolute atomic E-state index is 10.8. The summed E-state index contributed by atoms with van der Waals surface area (Å²) in [5.74, 6) is 0. The minimum absolute atomic E-state index is 0.580. The normalized spacial score (nSPS) is 12.0. The van der Waals surface area contributed by atoms with E-state index in [0.29, 0.717) is 6.04 Å². The number of halogens is 3. The van der Waals surface area contributed by atoms with Crippen LogP contribution in [0.5, 0.6) is 0 Å². The van der Waals surface area contributed by atoms with E-state index >= 15 is 0 Å². The van der Waals surface area contributed by atoms with Gasteiger partial charge in [-0.3, -0.25) is 4.90 Å². The number of nitrogens with two attached hydrogens (primary N) is 1. The lowest BCUT2D eigenvalue weighted by Gasteiger charge is -2.22. The smallest absolute Gasteiger partial charge is 0.294 e. The minimum atomic E-state index is -5.34. The third-order valence-corrected chi connectivity index (χ3v) is 2.43. The lowest BCUT2D eigenvalue weighted by molar-refractivity contribution is -0.0436. The van der Waals surface area contributed by atoms with Crippen LogP contribution in [0.3, 0.4) is 0 Å². The summed E-state index contributed by atoms with van der Waals surface area (Å²) < 4.78 is 51.2. The van der Waals surface area contributed by atoms with Crippen LogP contribution in [-0.4, -0.2) is 38.0 Å². The molecule has 0 atom stereocenters. The molecule has 0 amide bonds.